The summed E-state index contributed by atoms with van der Waals surface area (Å²) in [6, 6.07) is -0.268. The fourth-order valence-corrected chi connectivity index (χ4v) is 2.80. The molecule has 0 aliphatic heterocycles. The lowest BCUT2D eigenvalue weighted by Crippen LogP contribution is -2.46. The predicted octanol–water partition coefficient (Wildman–Crippen LogP) is 2.22. The fourth-order valence-electron chi connectivity index (χ4n) is 2.80. The number of anilines is 1. The number of aromatic nitrogens is 1. The minimum atomic E-state index is -0.266. The van der Waals surface area contributed by atoms with Crippen LogP contribution in [0.25, 0.3) is 0 Å². The van der Waals surface area contributed by atoms with Crippen molar-refractivity contribution < 1.29 is 14.4 Å². The van der Waals surface area contributed by atoms with Gasteiger partial charge in [0.05, 0.1) is 6.61 Å². The van der Waals surface area contributed by atoms with Gasteiger partial charge in [-0.1, -0.05) is 25.4 Å². The molecule has 0 radical (unpaired) electrons. The molecule has 6 nitrogen and oxygen atoms in total. The Morgan fingerprint density at radius 2 is 2.35 bits per heavy atom. The van der Waals surface area contributed by atoms with Gasteiger partial charge in [-0.2, -0.15) is 0 Å². The van der Waals surface area contributed by atoms with Gasteiger partial charge in [0, 0.05) is 11.5 Å². The first-order valence-corrected chi connectivity index (χ1v) is 7.13. The molecule has 2 unspecified atom stereocenters. The van der Waals surface area contributed by atoms with Crippen LogP contribution in [0, 0.1) is 12.3 Å². The number of amides is 2. The lowest BCUT2D eigenvalue weighted by Gasteiger charge is -2.30. The molecule has 1 aromatic heterocycles. The van der Waals surface area contributed by atoms with Crippen LogP contribution in [0.4, 0.5) is 10.5 Å². The Morgan fingerprint density at radius 1 is 1.60 bits per heavy atom. The summed E-state index contributed by atoms with van der Waals surface area (Å²) in [5.41, 5.74) is 1.16. The Morgan fingerprint density at radius 3 is 3.00 bits per heavy atom. The van der Waals surface area contributed by atoms with Gasteiger partial charge in [0.25, 0.3) is 0 Å². The molecule has 2 atom stereocenters. The van der Waals surface area contributed by atoms with Crippen LogP contribution in [0.5, 0.6) is 0 Å². The number of aliphatic hydroxyl groups is 1. The lowest BCUT2D eigenvalue weighted by molar-refractivity contribution is 0.122. The highest BCUT2D eigenvalue weighted by Crippen LogP contribution is 2.37. The van der Waals surface area contributed by atoms with Crippen molar-refractivity contribution in [3.05, 3.63) is 11.5 Å². The van der Waals surface area contributed by atoms with Gasteiger partial charge in [-0.25, -0.2) is 4.79 Å². The molecule has 1 heterocycles. The van der Waals surface area contributed by atoms with Crippen LogP contribution in [0.3, 0.4) is 0 Å². The number of aryl methyl sites for hydroxylation is 2. The van der Waals surface area contributed by atoms with Crippen molar-refractivity contribution >= 4 is 11.7 Å². The molecule has 0 spiro atoms. The maximum atomic E-state index is 12.1. The number of carbonyl (C=O) groups is 1. The van der Waals surface area contributed by atoms with Gasteiger partial charge < -0.3 is 20.3 Å². The smallest absolute Gasteiger partial charge is 0.319 e. The molecule has 1 fully saturated rings. The Kier molecular flexibility index (Phi) is 4.32. The summed E-state index contributed by atoms with van der Waals surface area (Å²) in [6.45, 7) is 5.83. The number of nitrogens with one attached hydrogen (secondary N) is 2. The standard InChI is InChI=1S/C14H23N3O3/c1-4-10-12(9(2)20-17-10)16-13(19)15-11-6-5-7-14(11,3)8-18/h11,18H,4-8H2,1-3H3,(H2,15,16,19). The first-order valence-electron chi connectivity index (χ1n) is 7.13. The molecule has 1 aromatic rings. The zero-order valence-corrected chi connectivity index (χ0v) is 12.3. The Balaban J connectivity index is 2.01. The molecule has 2 rings (SSSR count). The minimum absolute atomic E-state index is 0.00209. The molecule has 0 aromatic carbocycles. The van der Waals surface area contributed by atoms with Crippen molar-refractivity contribution in [1.82, 2.24) is 10.5 Å². The maximum Gasteiger partial charge on any atom is 0.319 e. The van der Waals surface area contributed by atoms with Crippen molar-refractivity contribution in [2.75, 3.05) is 11.9 Å². The Labute approximate surface area is 118 Å². The number of aliphatic hydroxyl groups excluding tert-OH is 1. The SMILES string of the molecule is CCc1noc(C)c1NC(=O)NC1CCCC1(C)CO. The van der Waals surface area contributed by atoms with E-state index < -0.39 is 0 Å². The summed E-state index contributed by atoms with van der Waals surface area (Å²) in [4.78, 5) is 12.1. The van der Waals surface area contributed by atoms with Crippen LogP contribution in [-0.4, -0.2) is 28.9 Å². The average Bonchev–Trinajstić information content (AvgIpc) is 2.96. The first-order chi connectivity index (χ1) is 9.50. The second-order valence-electron chi connectivity index (χ2n) is 5.77. The van der Waals surface area contributed by atoms with Crippen molar-refractivity contribution in [2.24, 2.45) is 5.41 Å². The van der Waals surface area contributed by atoms with E-state index >= 15 is 0 Å². The number of nitrogens with zero attached hydrogens (tertiary/aromatic N) is 1. The number of hydrogen-bond donors (Lipinski definition) is 3. The summed E-state index contributed by atoms with van der Waals surface area (Å²) in [7, 11) is 0. The van der Waals surface area contributed by atoms with Gasteiger partial charge >= 0.3 is 6.03 Å². The molecule has 0 bridgehead atoms. The molecule has 6 heteroatoms. The van der Waals surface area contributed by atoms with E-state index in [1.807, 2.05) is 13.8 Å². The van der Waals surface area contributed by atoms with Gasteiger partial charge in [0.15, 0.2) is 5.76 Å². The third-order valence-electron chi connectivity index (χ3n) is 4.26. The monoisotopic (exact) mass is 281 g/mol. The Bertz CT molecular complexity index is 486. The molecule has 2 amide bonds. The number of urea groups is 1. The highest BCUT2D eigenvalue weighted by Gasteiger charge is 2.39. The third kappa shape index (κ3) is 2.80. The quantitative estimate of drug-likeness (QED) is 0.789. The van der Waals surface area contributed by atoms with E-state index in [0.717, 1.165) is 25.0 Å². The Hall–Kier alpha value is -1.56. The van der Waals surface area contributed by atoms with E-state index in [1.165, 1.54) is 0 Å². The average molecular weight is 281 g/mol. The van der Waals surface area contributed by atoms with Crippen LogP contribution in [0.2, 0.25) is 0 Å². The normalized spacial score (nSPS) is 25.7. The molecule has 0 saturated heterocycles. The number of hydrogen-bond acceptors (Lipinski definition) is 4. The molecule has 1 aliphatic rings. The molecule has 1 aliphatic carbocycles. The third-order valence-corrected chi connectivity index (χ3v) is 4.26. The first kappa shape index (κ1) is 14.8. The van der Waals surface area contributed by atoms with Crippen LogP contribution in [-0.2, 0) is 6.42 Å². The van der Waals surface area contributed by atoms with E-state index in [1.54, 1.807) is 6.92 Å². The van der Waals surface area contributed by atoms with Gasteiger partial charge in [-0.05, 0) is 26.2 Å². The van der Waals surface area contributed by atoms with Crippen LogP contribution < -0.4 is 10.6 Å². The maximum absolute atomic E-state index is 12.1. The van der Waals surface area contributed by atoms with Gasteiger partial charge in [0.1, 0.15) is 11.4 Å². The summed E-state index contributed by atoms with van der Waals surface area (Å²) >= 11 is 0. The highest BCUT2D eigenvalue weighted by atomic mass is 16.5. The minimum Gasteiger partial charge on any atom is -0.396 e. The van der Waals surface area contributed by atoms with Crippen LogP contribution in [0.1, 0.15) is 44.6 Å². The van der Waals surface area contributed by atoms with E-state index in [9.17, 15) is 9.90 Å². The second-order valence-corrected chi connectivity index (χ2v) is 5.77. The highest BCUT2D eigenvalue weighted by molar-refractivity contribution is 5.90. The van der Waals surface area contributed by atoms with Crippen molar-refractivity contribution in [2.45, 2.75) is 52.5 Å². The summed E-state index contributed by atoms with van der Waals surface area (Å²) in [6.07, 6.45) is 3.55. The van der Waals surface area contributed by atoms with Crippen molar-refractivity contribution in [3.63, 3.8) is 0 Å². The fraction of sp³-hybridized carbons (Fsp3) is 0.714. The molecule has 20 heavy (non-hydrogen) atoms. The van der Waals surface area contributed by atoms with E-state index in [4.69, 9.17) is 4.52 Å². The van der Waals surface area contributed by atoms with E-state index in [2.05, 4.69) is 15.8 Å². The van der Waals surface area contributed by atoms with Crippen LogP contribution in [0.15, 0.2) is 4.52 Å². The molecule has 112 valence electrons. The van der Waals surface area contributed by atoms with Gasteiger partial charge in [0.2, 0.25) is 0 Å². The predicted molar refractivity (Wildman–Crippen MR) is 75.6 cm³/mol. The summed E-state index contributed by atoms with van der Waals surface area (Å²) in [5, 5.41) is 19.2. The zero-order valence-electron chi connectivity index (χ0n) is 12.3. The van der Waals surface area contributed by atoms with Gasteiger partial charge in [-0.3, -0.25) is 0 Å². The topological polar surface area (TPSA) is 87.4 Å². The lowest BCUT2D eigenvalue weighted by atomic mass is 9.86. The molecular weight excluding hydrogens is 258 g/mol. The molecule has 1 saturated carbocycles. The largest absolute Gasteiger partial charge is 0.396 e. The van der Waals surface area contributed by atoms with Crippen molar-refractivity contribution in [1.29, 1.82) is 0 Å². The van der Waals surface area contributed by atoms with E-state index in [-0.39, 0.29) is 24.1 Å². The summed E-state index contributed by atoms with van der Waals surface area (Å²) < 4.78 is 5.09. The number of carbonyl (C=O) groups excluding carboxylic acids is 1. The van der Waals surface area contributed by atoms with Crippen LogP contribution >= 0.6 is 0 Å². The summed E-state index contributed by atoms with van der Waals surface area (Å²) in [5.74, 6) is 0.605. The number of rotatable bonds is 4. The second kappa shape index (κ2) is 5.83. The van der Waals surface area contributed by atoms with Gasteiger partial charge in [-0.15, -0.1) is 0 Å². The van der Waals surface area contributed by atoms with Crippen molar-refractivity contribution in [3.8, 4) is 0 Å². The molecular formula is C14H23N3O3. The zero-order chi connectivity index (χ0) is 14.8. The van der Waals surface area contributed by atoms with E-state index in [0.29, 0.717) is 17.9 Å². The molecule has 3 N–H and O–H groups in total.